The van der Waals surface area contributed by atoms with Gasteiger partial charge < -0.3 is 9.72 Å². The fourth-order valence-electron chi connectivity index (χ4n) is 2.88. The van der Waals surface area contributed by atoms with E-state index < -0.39 is 0 Å². The molecular formula is C14H20N2OS. The molecule has 0 aliphatic heterocycles. The van der Waals surface area contributed by atoms with Crippen LogP contribution >= 0.6 is 12.2 Å². The predicted molar refractivity (Wildman–Crippen MR) is 73.2 cm³/mol. The normalized spacial score (nSPS) is 21.2. The minimum atomic E-state index is 0.111. The van der Waals surface area contributed by atoms with Crippen molar-refractivity contribution in [3.8, 4) is 0 Å². The Kier molecular flexibility index (Phi) is 3.48. The molecule has 1 fully saturated rings. The first kappa shape index (κ1) is 12.3. The number of aromatic nitrogens is 2. The summed E-state index contributed by atoms with van der Waals surface area (Å²) >= 11 is 5.47. The molecule has 18 heavy (non-hydrogen) atoms. The van der Waals surface area contributed by atoms with Gasteiger partial charge in [-0.15, -0.1) is 0 Å². The molecule has 1 heterocycles. The number of ether oxygens (including phenoxy) is 1. The molecule has 1 unspecified atom stereocenters. The Hall–Kier alpha value is -0.740. The fourth-order valence-corrected chi connectivity index (χ4v) is 3.20. The van der Waals surface area contributed by atoms with Gasteiger partial charge in [-0.25, -0.2) is 4.98 Å². The van der Waals surface area contributed by atoms with Crippen LogP contribution in [0.25, 0.3) is 0 Å². The van der Waals surface area contributed by atoms with Gasteiger partial charge in [-0.1, -0.05) is 18.6 Å². The first-order valence-corrected chi connectivity index (χ1v) is 7.35. The third kappa shape index (κ3) is 2.36. The highest BCUT2D eigenvalue weighted by atomic mass is 32.1. The second-order valence-corrected chi connectivity index (χ2v) is 5.83. The Morgan fingerprint density at radius 2 is 2.06 bits per heavy atom. The number of nitrogens with one attached hydrogen (secondary N) is 1. The van der Waals surface area contributed by atoms with Crippen LogP contribution < -0.4 is 0 Å². The van der Waals surface area contributed by atoms with Gasteiger partial charge in [0.15, 0.2) is 0 Å². The second kappa shape index (κ2) is 5.10. The van der Waals surface area contributed by atoms with Crippen LogP contribution in [0.2, 0.25) is 0 Å². The minimum Gasteiger partial charge on any atom is -0.373 e. The Morgan fingerprint density at radius 1 is 1.28 bits per heavy atom. The Balaban J connectivity index is 1.99. The van der Waals surface area contributed by atoms with Crippen LogP contribution in [0.5, 0.6) is 0 Å². The molecule has 0 amide bonds. The molecule has 1 N–H and O–H groups in total. The maximum atomic E-state index is 5.60. The fraction of sp³-hybridized carbons (Fsp3) is 0.714. The molecule has 2 aliphatic carbocycles. The van der Waals surface area contributed by atoms with Crippen molar-refractivity contribution < 1.29 is 4.74 Å². The third-order valence-corrected chi connectivity index (χ3v) is 4.39. The van der Waals surface area contributed by atoms with E-state index in [9.17, 15) is 0 Å². The van der Waals surface area contributed by atoms with Crippen LogP contribution in [-0.2, 0) is 17.6 Å². The van der Waals surface area contributed by atoms with Gasteiger partial charge in [-0.2, -0.15) is 0 Å². The second-order valence-electron chi connectivity index (χ2n) is 5.44. The lowest BCUT2D eigenvalue weighted by Gasteiger charge is -2.16. The van der Waals surface area contributed by atoms with Crippen molar-refractivity contribution in [3.05, 3.63) is 21.7 Å². The lowest BCUT2D eigenvalue weighted by molar-refractivity contribution is 0.0768. The summed E-state index contributed by atoms with van der Waals surface area (Å²) in [5, 5.41) is 0. The number of methoxy groups -OCH3 is 1. The van der Waals surface area contributed by atoms with E-state index in [0.717, 1.165) is 23.3 Å². The smallest absolute Gasteiger partial charge is 0.137 e. The molecule has 0 radical (unpaired) electrons. The van der Waals surface area contributed by atoms with Crippen LogP contribution in [0, 0.1) is 10.6 Å². The van der Waals surface area contributed by atoms with Crippen molar-refractivity contribution in [2.24, 2.45) is 5.92 Å². The third-order valence-electron chi connectivity index (χ3n) is 4.05. The lowest BCUT2D eigenvalue weighted by atomic mass is 10.1. The van der Waals surface area contributed by atoms with Gasteiger partial charge in [0.05, 0.1) is 0 Å². The number of aromatic amines is 1. The van der Waals surface area contributed by atoms with E-state index in [2.05, 4.69) is 9.97 Å². The van der Waals surface area contributed by atoms with Gasteiger partial charge in [0.25, 0.3) is 0 Å². The Labute approximate surface area is 113 Å². The van der Waals surface area contributed by atoms with E-state index in [0.29, 0.717) is 5.92 Å². The number of aryl methyl sites for hydroxylation is 1. The monoisotopic (exact) mass is 264 g/mol. The number of rotatable bonds is 3. The van der Waals surface area contributed by atoms with Crippen LogP contribution in [0.1, 0.15) is 55.3 Å². The summed E-state index contributed by atoms with van der Waals surface area (Å²) in [6.07, 6.45) is 8.58. The highest BCUT2D eigenvalue weighted by Crippen LogP contribution is 2.42. The van der Waals surface area contributed by atoms with Crippen LogP contribution in [-0.4, -0.2) is 17.1 Å². The summed E-state index contributed by atoms with van der Waals surface area (Å²) < 4.78 is 6.39. The molecule has 3 nitrogen and oxygen atoms in total. The van der Waals surface area contributed by atoms with Crippen molar-refractivity contribution in [1.29, 1.82) is 0 Å². The SMILES string of the molecule is COC(c1nc(=S)c2c([nH]1)CCCCC2)C1CC1. The number of fused-ring (bicyclic) bond motifs is 1. The average Bonchev–Trinajstić information content (AvgIpc) is 3.16. The molecule has 1 saturated carbocycles. The average molecular weight is 264 g/mol. The van der Waals surface area contributed by atoms with Gasteiger partial charge in [0.2, 0.25) is 0 Å². The maximum Gasteiger partial charge on any atom is 0.137 e. The van der Waals surface area contributed by atoms with Crippen molar-refractivity contribution in [3.63, 3.8) is 0 Å². The molecule has 3 rings (SSSR count). The largest absolute Gasteiger partial charge is 0.373 e. The van der Waals surface area contributed by atoms with Crippen LogP contribution in [0.3, 0.4) is 0 Å². The molecule has 4 heteroatoms. The number of hydrogen-bond acceptors (Lipinski definition) is 3. The number of H-pyrrole nitrogens is 1. The Morgan fingerprint density at radius 3 is 2.78 bits per heavy atom. The maximum absolute atomic E-state index is 5.60. The van der Waals surface area contributed by atoms with Gasteiger partial charge in [0.1, 0.15) is 16.6 Å². The Bertz CT molecular complexity index is 493. The predicted octanol–water partition coefficient (Wildman–Crippen LogP) is 3.51. The summed E-state index contributed by atoms with van der Waals surface area (Å²) in [4.78, 5) is 8.11. The molecule has 0 spiro atoms. The van der Waals surface area contributed by atoms with Gasteiger partial charge in [-0.05, 0) is 44.4 Å². The highest BCUT2D eigenvalue weighted by molar-refractivity contribution is 7.71. The van der Waals surface area contributed by atoms with Crippen LogP contribution in [0.15, 0.2) is 0 Å². The molecule has 1 atom stereocenters. The molecule has 0 aromatic carbocycles. The molecule has 1 aromatic heterocycles. The van der Waals surface area contributed by atoms with Crippen LogP contribution in [0.4, 0.5) is 0 Å². The molecule has 98 valence electrons. The topological polar surface area (TPSA) is 37.9 Å². The first-order chi connectivity index (χ1) is 8.79. The van der Waals surface area contributed by atoms with Gasteiger partial charge in [0, 0.05) is 18.4 Å². The summed E-state index contributed by atoms with van der Waals surface area (Å²) in [5.41, 5.74) is 2.59. The molecule has 0 saturated heterocycles. The van der Waals surface area contributed by atoms with Gasteiger partial charge >= 0.3 is 0 Å². The van der Waals surface area contributed by atoms with E-state index in [1.54, 1.807) is 7.11 Å². The summed E-state index contributed by atoms with van der Waals surface area (Å²) in [6.45, 7) is 0. The van der Waals surface area contributed by atoms with E-state index in [1.165, 1.54) is 43.4 Å². The zero-order valence-electron chi connectivity index (χ0n) is 10.9. The standard InChI is InChI=1S/C14H20N2OS/c1-17-12(9-7-8-9)13-15-11-6-4-2-3-5-10(11)14(18)16-13/h9,12H,2-8H2,1H3,(H,15,16,18). The highest BCUT2D eigenvalue weighted by Gasteiger charge is 2.34. The van der Waals surface area contributed by atoms with E-state index in [1.807, 2.05) is 0 Å². The zero-order valence-corrected chi connectivity index (χ0v) is 11.7. The van der Waals surface area contributed by atoms with Crippen molar-refractivity contribution in [2.75, 3.05) is 7.11 Å². The number of hydrogen-bond donors (Lipinski definition) is 1. The quantitative estimate of drug-likeness (QED) is 0.670. The minimum absolute atomic E-state index is 0.111. The molecule has 2 aliphatic rings. The van der Waals surface area contributed by atoms with Gasteiger partial charge in [-0.3, -0.25) is 0 Å². The van der Waals surface area contributed by atoms with E-state index in [4.69, 9.17) is 17.0 Å². The molecular weight excluding hydrogens is 244 g/mol. The molecule has 1 aromatic rings. The lowest BCUT2D eigenvalue weighted by Crippen LogP contribution is -2.12. The van der Waals surface area contributed by atoms with Crippen molar-refractivity contribution in [1.82, 2.24) is 9.97 Å². The zero-order chi connectivity index (χ0) is 12.5. The van der Waals surface area contributed by atoms with E-state index in [-0.39, 0.29) is 6.10 Å². The summed E-state index contributed by atoms with van der Waals surface area (Å²) in [6, 6.07) is 0. The van der Waals surface area contributed by atoms with Crippen molar-refractivity contribution in [2.45, 2.75) is 51.0 Å². The first-order valence-electron chi connectivity index (χ1n) is 6.94. The number of nitrogens with zero attached hydrogens (tertiary/aromatic N) is 1. The van der Waals surface area contributed by atoms with E-state index >= 15 is 0 Å². The summed E-state index contributed by atoms with van der Waals surface area (Å²) in [7, 11) is 1.77. The molecule has 0 bridgehead atoms. The summed E-state index contributed by atoms with van der Waals surface area (Å²) in [5.74, 6) is 1.59. The van der Waals surface area contributed by atoms with Crippen molar-refractivity contribution >= 4 is 12.2 Å².